The van der Waals surface area contributed by atoms with Gasteiger partial charge in [-0.3, -0.25) is 0 Å². The molecule has 0 aromatic heterocycles. The first-order chi connectivity index (χ1) is 9.61. The molecule has 0 radical (unpaired) electrons. The van der Waals surface area contributed by atoms with Crippen molar-refractivity contribution in [3.05, 3.63) is 53.1 Å². The molecule has 0 saturated carbocycles. The standard InChI is InChI=1S/C15H15ClN2OS/c1-2-19-14-6-4-3-5-13(14)18-12-8-7-10(15(17)20)9-11(12)16/h3-9,18H,2H2,1H3,(H2,17,20). The molecule has 0 aliphatic carbocycles. The van der Waals surface area contributed by atoms with Crippen molar-refractivity contribution in [3.63, 3.8) is 0 Å². The molecular weight excluding hydrogens is 292 g/mol. The Morgan fingerprint density at radius 3 is 2.65 bits per heavy atom. The Labute approximate surface area is 128 Å². The van der Waals surface area contributed by atoms with Crippen LogP contribution in [0.4, 0.5) is 11.4 Å². The van der Waals surface area contributed by atoms with Gasteiger partial charge < -0.3 is 15.8 Å². The van der Waals surface area contributed by atoms with Gasteiger partial charge in [0, 0.05) is 5.56 Å². The zero-order chi connectivity index (χ0) is 14.5. The van der Waals surface area contributed by atoms with E-state index < -0.39 is 0 Å². The van der Waals surface area contributed by atoms with Gasteiger partial charge in [-0.05, 0) is 37.3 Å². The van der Waals surface area contributed by atoms with Gasteiger partial charge in [0.05, 0.1) is 23.0 Å². The zero-order valence-electron chi connectivity index (χ0n) is 11.0. The number of thiocarbonyl (C=S) groups is 1. The summed E-state index contributed by atoms with van der Waals surface area (Å²) < 4.78 is 5.56. The quantitative estimate of drug-likeness (QED) is 0.816. The number of halogens is 1. The number of nitrogens with one attached hydrogen (secondary N) is 1. The molecule has 3 nitrogen and oxygen atoms in total. The van der Waals surface area contributed by atoms with Crippen LogP contribution in [0, 0.1) is 0 Å². The van der Waals surface area contributed by atoms with Crippen LogP contribution < -0.4 is 15.8 Å². The topological polar surface area (TPSA) is 47.3 Å². The van der Waals surface area contributed by atoms with Crippen molar-refractivity contribution >= 4 is 40.2 Å². The molecule has 0 amide bonds. The summed E-state index contributed by atoms with van der Waals surface area (Å²) in [5.41, 5.74) is 7.96. The Morgan fingerprint density at radius 2 is 2.00 bits per heavy atom. The number of rotatable bonds is 5. The van der Waals surface area contributed by atoms with Crippen LogP contribution in [0.2, 0.25) is 5.02 Å². The molecule has 3 N–H and O–H groups in total. The number of hydrogen-bond acceptors (Lipinski definition) is 3. The molecule has 0 spiro atoms. The first kappa shape index (κ1) is 14.6. The van der Waals surface area contributed by atoms with Crippen molar-refractivity contribution in [1.29, 1.82) is 0 Å². The number of anilines is 2. The van der Waals surface area contributed by atoms with Crippen molar-refractivity contribution in [2.24, 2.45) is 5.73 Å². The summed E-state index contributed by atoms with van der Waals surface area (Å²) in [6.07, 6.45) is 0. The van der Waals surface area contributed by atoms with E-state index in [2.05, 4.69) is 5.32 Å². The number of nitrogens with two attached hydrogens (primary N) is 1. The van der Waals surface area contributed by atoms with Gasteiger partial charge in [-0.1, -0.05) is 36.0 Å². The van der Waals surface area contributed by atoms with Gasteiger partial charge in [0.2, 0.25) is 0 Å². The SMILES string of the molecule is CCOc1ccccc1Nc1ccc(C(N)=S)cc1Cl. The van der Waals surface area contributed by atoms with E-state index in [4.69, 9.17) is 34.3 Å². The van der Waals surface area contributed by atoms with Crippen LogP contribution in [-0.4, -0.2) is 11.6 Å². The van der Waals surface area contributed by atoms with E-state index in [0.717, 1.165) is 22.7 Å². The van der Waals surface area contributed by atoms with E-state index in [0.29, 0.717) is 16.6 Å². The van der Waals surface area contributed by atoms with Gasteiger partial charge in [-0.2, -0.15) is 0 Å². The maximum absolute atomic E-state index is 6.23. The third kappa shape index (κ3) is 3.40. The second kappa shape index (κ2) is 6.59. The number of benzene rings is 2. The molecule has 104 valence electrons. The third-order valence-corrected chi connectivity index (χ3v) is 3.26. The normalized spacial score (nSPS) is 10.1. The molecule has 2 rings (SSSR count). The maximum atomic E-state index is 6.23. The van der Waals surface area contributed by atoms with Crippen LogP contribution in [0.5, 0.6) is 5.75 Å². The van der Waals surface area contributed by atoms with Crippen molar-refractivity contribution < 1.29 is 4.74 Å². The predicted octanol–water partition coefficient (Wildman–Crippen LogP) is 4.12. The maximum Gasteiger partial charge on any atom is 0.142 e. The smallest absolute Gasteiger partial charge is 0.142 e. The molecule has 0 saturated heterocycles. The highest BCUT2D eigenvalue weighted by Crippen LogP contribution is 2.31. The molecule has 0 aliphatic heterocycles. The van der Waals surface area contributed by atoms with Crippen LogP contribution in [0.1, 0.15) is 12.5 Å². The predicted molar refractivity (Wildman–Crippen MR) is 88.2 cm³/mol. The lowest BCUT2D eigenvalue weighted by Gasteiger charge is -2.13. The Hall–Kier alpha value is -1.78. The Balaban J connectivity index is 2.28. The Kier molecular flexibility index (Phi) is 4.82. The van der Waals surface area contributed by atoms with E-state index in [1.54, 1.807) is 6.07 Å². The molecule has 0 unspecified atom stereocenters. The summed E-state index contributed by atoms with van der Waals surface area (Å²) >= 11 is 11.2. The zero-order valence-corrected chi connectivity index (χ0v) is 12.6. The minimum atomic E-state index is 0.327. The fourth-order valence-electron chi connectivity index (χ4n) is 1.77. The van der Waals surface area contributed by atoms with Gasteiger partial charge in [-0.25, -0.2) is 0 Å². The van der Waals surface area contributed by atoms with Crippen LogP contribution >= 0.6 is 23.8 Å². The van der Waals surface area contributed by atoms with Crippen LogP contribution in [0.15, 0.2) is 42.5 Å². The van der Waals surface area contributed by atoms with Crippen molar-refractivity contribution in [2.45, 2.75) is 6.92 Å². The second-order valence-corrected chi connectivity index (χ2v) is 4.96. The number of ether oxygens (including phenoxy) is 1. The summed E-state index contributed by atoms with van der Waals surface area (Å²) in [5, 5.41) is 3.81. The molecular formula is C15H15ClN2OS. The van der Waals surface area contributed by atoms with E-state index in [9.17, 15) is 0 Å². The molecule has 20 heavy (non-hydrogen) atoms. The van der Waals surface area contributed by atoms with Crippen molar-refractivity contribution in [1.82, 2.24) is 0 Å². The summed E-state index contributed by atoms with van der Waals surface area (Å²) in [4.78, 5) is 0.327. The van der Waals surface area contributed by atoms with Gasteiger partial charge in [0.15, 0.2) is 0 Å². The highest BCUT2D eigenvalue weighted by atomic mass is 35.5. The second-order valence-electron chi connectivity index (χ2n) is 4.11. The molecule has 5 heteroatoms. The van der Waals surface area contributed by atoms with Gasteiger partial charge >= 0.3 is 0 Å². The molecule has 0 atom stereocenters. The lowest BCUT2D eigenvalue weighted by molar-refractivity contribution is 0.342. The lowest BCUT2D eigenvalue weighted by atomic mass is 10.2. The summed E-state index contributed by atoms with van der Waals surface area (Å²) in [6, 6.07) is 13.1. The summed E-state index contributed by atoms with van der Waals surface area (Å²) in [6.45, 7) is 2.55. The molecule has 0 bridgehead atoms. The Morgan fingerprint density at radius 1 is 1.25 bits per heavy atom. The average molecular weight is 307 g/mol. The minimum Gasteiger partial charge on any atom is -0.492 e. The molecule has 0 heterocycles. The lowest BCUT2D eigenvalue weighted by Crippen LogP contribution is -2.09. The van der Waals surface area contributed by atoms with Gasteiger partial charge in [0.25, 0.3) is 0 Å². The van der Waals surface area contributed by atoms with E-state index in [-0.39, 0.29) is 0 Å². The van der Waals surface area contributed by atoms with E-state index >= 15 is 0 Å². The summed E-state index contributed by atoms with van der Waals surface area (Å²) in [5.74, 6) is 0.782. The molecule has 2 aromatic rings. The minimum absolute atomic E-state index is 0.327. The molecule has 0 fully saturated rings. The Bertz CT molecular complexity index is 631. The van der Waals surface area contributed by atoms with Crippen molar-refractivity contribution in [2.75, 3.05) is 11.9 Å². The van der Waals surface area contributed by atoms with E-state index in [1.807, 2.05) is 43.3 Å². The van der Waals surface area contributed by atoms with Crippen LogP contribution in [-0.2, 0) is 0 Å². The number of para-hydroxylation sites is 2. The van der Waals surface area contributed by atoms with Gasteiger partial charge in [-0.15, -0.1) is 0 Å². The summed E-state index contributed by atoms with van der Waals surface area (Å²) in [7, 11) is 0. The van der Waals surface area contributed by atoms with Crippen molar-refractivity contribution in [3.8, 4) is 5.75 Å². The van der Waals surface area contributed by atoms with Crippen LogP contribution in [0.25, 0.3) is 0 Å². The first-order valence-electron chi connectivity index (χ1n) is 6.20. The highest BCUT2D eigenvalue weighted by molar-refractivity contribution is 7.80. The highest BCUT2D eigenvalue weighted by Gasteiger charge is 2.07. The monoisotopic (exact) mass is 306 g/mol. The van der Waals surface area contributed by atoms with Crippen LogP contribution in [0.3, 0.4) is 0 Å². The number of hydrogen-bond donors (Lipinski definition) is 2. The fraction of sp³-hybridized carbons (Fsp3) is 0.133. The fourth-order valence-corrected chi connectivity index (χ4v) is 2.12. The molecule has 0 aliphatic rings. The first-order valence-corrected chi connectivity index (χ1v) is 6.98. The van der Waals surface area contributed by atoms with Gasteiger partial charge in [0.1, 0.15) is 10.7 Å². The van der Waals surface area contributed by atoms with E-state index in [1.165, 1.54) is 0 Å². The molecule has 2 aromatic carbocycles. The largest absolute Gasteiger partial charge is 0.492 e. The third-order valence-electron chi connectivity index (χ3n) is 2.71. The average Bonchev–Trinajstić information content (AvgIpc) is 2.43.